The Morgan fingerprint density at radius 1 is 1.12 bits per heavy atom. The van der Waals surface area contributed by atoms with Crippen LogP contribution in [0.5, 0.6) is 5.75 Å². The number of hydrogen-bond donors (Lipinski definition) is 2. The summed E-state index contributed by atoms with van der Waals surface area (Å²) in [6.45, 7) is 1.78. The molecule has 0 aliphatic carbocycles. The summed E-state index contributed by atoms with van der Waals surface area (Å²) >= 11 is 1.95. The van der Waals surface area contributed by atoms with E-state index in [0.29, 0.717) is 14.8 Å². The summed E-state index contributed by atoms with van der Waals surface area (Å²) in [6.07, 6.45) is 1.40. The van der Waals surface area contributed by atoms with Crippen LogP contribution < -0.4 is 10.2 Å². The lowest BCUT2D eigenvalue weighted by Gasteiger charge is -2.27. The van der Waals surface area contributed by atoms with Gasteiger partial charge < -0.3 is 5.11 Å². The number of nitrogens with zero attached hydrogens (tertiary/aromatic N) is 1. The van der Waals surface area contributed by atoms with Crippen LogP contribution in [0.4, 0.5) is 10.5 Å². The van der Waals surface area contributed by atoms with Gasteiger partial charge in [0, 0.05) is 0 Å². The predicted octanol–water partition coefficient (Wildman–Crippen LogP) is 2.97. The molecule has 7 heteroatoms. The minimum atomic E-state index is -0.776. The van der Waals surface area contributed by atoms with Crippen LogP contribution in [0, 0.1) is 10.5 Å². The second-order valence-corrected chi connectivity index (χ2v) is 6.62. The Morgan fingerprint density at radius 2 is 1.84 bits per heavy atom. The Bertz CT molecular complexity index is 936. The fourth-order valence-corrected chi connectivity index (χ4v) is 3.01. The van der Waals surface area contributed by atoms with Gasteiger partial charge in [0.2, 0.25) is 0 Å². The SMILES string of the molecule is Cc1ccccc1N1C(=O)NC(=O)/C(=C\c2ccc(O)c(I)c2)C1=O. The first kappa shape index (κ1) is 17.2. The lowest BCUT2D eigenvalue weighted by Crippen LogP contribution is -2.54. The average Bonchev–Trinajstić information content (AvgIpc) is 2.56. The van der Waals surface area contributed by atoms with E-state index in [1.165, 1.54) is 12.1 Å². The minimum absolute atomic E-state index is 0.110. The standard InChI is InChI=1S/C18H13IN2O4/c1-10-4-2-3-5-14(10)21-17(24)12(16(23)20-18(21)25)8-11-6-7-15(22)13(19)9-11/h2-9,22H,1H3,(H,20,23,25)/b12-8+. The number of amides is 4. The number of benzene rings is 2. The van der Waals surface area contributed by atoms with E-state index < -0.39 is 17.8 Å². The van der Waals surface area contributed by atoms with Crippen molar-refractivity contribution in [2.75, 3.05) is 4.90 Å². The van der Waals surface area contributed by atoms with Crippen LogP contribution in [0.1, 0.15) is 11.1 Å². The molecule has 0 atom stereocenters. The van der Waals surface area contributed by atoms with E-state index in [9.17, 15) is 19.5 Å². The predicted molar refractivity (Wildman–Crippen MR) is 101 cm³/mol. The number of aryl methyl sites for hydroxylation is 1. The maximum Gasteiger partial charge on any atom is 0.335 e. The summed E-state index contributed by atoms with van der Waals surface area (Å²) in [5, 5.41) is 11.8. The van der Waals surface area contributed by atoms with E-state index in [-0.39, 0.29) is 11.3 Å². The van der Waals surface area contributed by atoms with Gasteiger partial charge in [0.15, 0.2) is 0 Å². The van der Waals surface area contributed by atoms with Gasteiger partial charge in [-0.2, -0.15) is 0 Å². The lowest BCUT2D eigenvalue weighted by atomic mass is 10.1. The fraction of sp³-hybridized carbons (Fsp3) is 0.0556. The number of aromatic hydroxyl groups is 1. The lowest BCUT2D eigenvalue weighted by molar-refractivity contribution is -0.122. The fourth-order valence-electron chi connectivity index (χ4n) is 2.47. The molecule has 0 spiro atoms. The van der Waals surface area contributed by atoms with Gasteiger partial charge in [-0.1, -0.05) is 24.3 Å². The molecule has 2 aromatic carbocycles. The highest BCUT2D eigenvalue weighted by atomic mass is 127. The average molecular weight is 448 g/mol. The molecule has 1 aliphatic rings. The Morgan fingerprint density at radius 3 is 2.52 bits per heavy atom. The first-order valence-electron chi connectivity index (χ1n) is 7.34. The van der Waals surface area contributed by atoms with Crippen LogP contribution in [0.25, 0.3) is 6.08 Å². The number of rotatable bonds is 2. The van der Waals surface area contributed by atoms with Crippen molar-refractivity contribution in [2.45, 2.75) is 6.92 Å². The first-order chi connectivity index (χ1) is 11.9. The minimum Gasteiger partial charge on any atom is -0.507 e. The van der Waals surface area contributed by atoms with Gasteiger partial charge in [-0.15, -0.1) is 0 Å². The monoisotopic (exact) mass is 448 g/mol. The van der Waals surface area contributed by atoms with Gasteiger partial charge in [0.25, 0.3) is 11.8 Å². The number of carbonyl (C=O) groups excluding carboxylic acids is 3. The molecule has 1 fully saturated rings. The summed E-state index contributed by atoms with van der Waals surface area (Å²) in [7, 11) is 0. The number of imide groups is 2. The van der Waals surface area contributed by atoms with Crippen molar-refractivity contribution in [2.24, 2.45) is 0 Å². The smallest absolute Gasteiger partial charge is 0.335 e. The van der Waals surface area contributed by atoms with E-state index in [1.807, 2.05) is 22.6 Å². The first-order valence-corrected chi connectivity index (χ1v) is 8.42. The van der Waals surface area contributed by atoms with E-state index >= 15 is 0 Å². The Balaban J connectivity index is 2.05. The topological polar surface area (TPSA) is 86.7 Å². The van der Waals surface area contributed by atoms with Crippen LogP contribution >= 0.6 is 22.6 Å². The van der Waals surface area contributed by atoms with Crippen molar-refractivity contribution in [3.8, 4) is 5.75 Å². The van der Waals surface area contributed by atoms with Crippen LogP contribution in [0.15, 0.2) is 48.0 Å². The number of para-hydroxylation sites is 1. The molecule has 126 valence electrons. The summed E-state index contributed by atoms with van der Waals surface area (Å²) in [5.74, 6) is -1.33. The number of hydrogen-bond acceptors (Lipinski definition) is 4. The molecule has 6 nitrogen and oxygen atoms in total. The van der Waals surface area contributed by atoms with E-state index in [4.69, 9.17) is 0 Å². The molecule has 0 aromatic heterocycles. The van der Waals surface area contributed by atoms with Crippen LogP contribution in [-0.2, 0) is 9.59 Å². The maximum absolute atomic E-state index is 12.8. The summed E-state index contributed by atoms with van der Waals surface area (Å²) in [5.41, 5.74) is 1.58. The second-order valence-electron chi connectivity index (χ2n) is 5.46. The number of carbonyl (C=O) groups is 3. The van der Waals surface area contributed by atoms with Crippen LogP contribution in [0.2, 0.25) is 0 Å². The van der Waals surface area contributed by atoms with Crippen molar-refractivity contribution in [1.29, 1.82) is 0 Å². The quantitative estimate of drug-likeness (QED) is 0.420. The normalized spacial score (nSPS) is 16.3. The molecule has 4 amide bonds. The van der Waals surface area contributed by atoms with Crippen molar-refractivity contribution in [1.82, 2.24) is 5.32 Å². The summed E-state index contributed by atoms with van der Waals surface area (Å²) in [6, 6.07) is 10.8. The molecule has 0 radical (unpaired) electrons. The molecule has 0 saturated carbocycles. The molecule has 0 bridgehead atoms. The largest absolute Gasteiger partial charge is 0.507 e. The van der Waals surface area contributed by atoms with Gasteiger partial charge in [0.1, 0.15) is 11.3 Å². The maximum atomic E-state index is 12.8. The van der Waals surface area contributed by atoms with Crippen LogP contribution in [-0.4, -0.2) is 23.0 Å². The summed E-state index contributed by atoms with van der Waals surface area (Å²) < 4.78 is 0.586. The highest BCUT2D eigenvalue weighted by Gasteiger charge is 2.37. The number of phenolic OH excluding ortho intramolecular Hbond substituents is 1. The molecule has 2 N–H and O–H groups in total. The van der Waals surface area contributed by atoms with Gasteiger partial charge in [-0.05, 0) is 64.9 Å². The summed E-state index contributed by atoms with van der Waals surface area (Å²) in [4.78, 5) is 38.0. The van der Waals surface area contributed by atoms with Crippen molar-refractivity contribution in [3.63, 3.8) is 0 Å². The number of phenols is 1. The molecule has 25 heavy (non-hydrogen) atoms. The molecular weight excluding hydrogens is 435 g/mol. The van der Waals surface area contributed by atoms with Crippen LogP contribution in [0.3, 0.4) is 0 Å². The van der Waals surface area contributed by atoms with Gasteiger partial charge in [-0.25, -0.2) is 9.69 Å². The van der Waals surface area contributed by atoms with E-state index in [2.05, 4.69) is 5.32 Å². The molecule has 0 unspecified atom stereocenters. The third-order valence-electron chi connectivity index (χ3n) is 3.74. The number of urea groups is 1. The molecule has 2 aromatic rings. The zero-order valence-electron chi connectivity index (χ0n) is 13.1. The van der Waals surface area contributed by atoms with Crippen molar-refractivity contribution >= 4 is 52.2 Å². The highest BCUT2D eigenvalue weighted by molar-refractivity contribution is 14.1. The number of anilines is 1. The van der Waals surface area contributed by atoms with E-state index in [0.717, 1.165) is 10.5 Å². The molecule has 1 saturated heterocycles. The number of nitrogens with one attached hydrogen (secondary N) is 1. The Labute approximate surface area is 157 Å². The Kier molecular flexibility index (Phi) is 4.58. The second kappa shape index (κ2) is 6.67. The van der Waals surface area contributed by atoms with Gasteiger partial charge >= 0.3 is 6.03 Å². The third kappa shape index (κ3) is 3.27. The third-order valence-corrected chi connectivity index (χ3v) is 4.60. The van der Waals surface area contributed by atoms with Crippen molar-refractivity contribution < 1.29 is 19.5 Å². The highest BCUT2D eigenvalue weighted by Crippen LogP contribution is 2.26. The molecule has 3 rings (SSSR count). The zero-order valence-corrected chi connectivity index (χ0v) is 15.3. The molecule has 1 heterocycles. The van der Waals surface area contributed by atoms with Gasteiger partial charge in [-0.3, -0.25) is 14.9 Å². The van der Waals surface area contributed by atoms with E-state index in [1.54, 1.807) is 43.3 Å². The number of barbiturate groups is 1. The molecule has 1 aliphatic heterocycles. The Hall–Kier alpha value is -2.68. The molecular formula is C18H13IN2O4. The van der Waals surface area contributed by atoms with Crippen molar-refractivity contribution in [3.05, 3.63) is 62.7 Å². The van der Waals surface area contributed by atoms with Gasteiger partial charge in [0.05, 0.1) is 9.26 Å². The number of halogens is 1. The zero-order chi connectivity index (χ0) is 18.1.